The Labute approximate surface area is 116 Å². The molecule has 0 saturated heterocycles. The first-order valence-corrected chi connectivity index (χ1v) is 7.10. The Morgan fingerprint density at radius 3 is 2.61 bits per heavy atom. The molecule has 0 aliphatic heterocycles. The van der Waals surface area contributed by atoms with Crippen molar-refractivity contribution in [3.05, 3.63) is 28.2 Å². The Morgan fingerprint density at radius 1 is 1.33 bits per heavy atom. The predicted molar refractivity (Wildman–Crippen MR) is 74.8 cm³/mol. The zero-order valence-corrected chi connectivity index (χ0v) is 12.1. The van der Waals surface area contributed by atoms with Crippen LogP contribution in [0.4, 0.5) is 0 Å². The van der Waals surface area contributed by atoms with Crippen LogP contribution in [-0.2, 0) is 0 Å². The molecule has 1 aliphatic carbocycles. The third-order valence-corrected chi connectivity index (χ3v) is 4.07. The van der Waals surface area contributed by atoms with Gasteiger partial charge in [0.2, 0.25) is 0 Å². The van der Waals surface area contributed by atoms with E-state index in [-0.39, 0.29) is 17.2 Å². The Hall–Kier alpha value is -1.03. The second kappa shape index (κ2) is 5.31. The number of hydrogen-bond acceptors (Lipinski definition) is 2. The molecule has 2 N–H and O–H groups in total. The van der Waals surface area contributed by atoms with E-state index >= 15 is 0 Å². The molecular formula is C14H18BrNO2. The van der Waals surface area contributed by atoms with Crippen molar-refractivity contribution in [2.75, 3.05) is 0 Å². The second-order valence-corrected chi connectivity index (χ2v) is 6.15. The highest BCUT2D eigenvalue weighted by molar-refractivity contribution is 9.10. The predicted octanol–water partition coefficient (Wildman–Crippen LogP) is 3.61. The van der Waals surface area contributed by atoms with Crippen molar-refractivity contribution in [3.63, 3.8) is 0 Å². The third kappa shape index (κ3) is 3.05. The van der Waals surface area contributed by atoms with Gasteiger partial charge in [-0.1, -0.05) is 35.2 Å². The maximum atomic E-state index is 12.2. The smallest absolute Gasteiger partial charge is 0.255 e. The zero-order chi connectivity index (χ0) is 13.2. The van der Waals surface area contributed by atoms with E-state index < -0.39 is 0 Å². The number of hydrogen-bond donors (Lipinski definition) is 2. The number of halogens is 1. The molecule has 1 aromatic rings. The summed E-state index contributed by atoms with van der Waals surface area (Å²) >= 11 is 3.26. The summed E-state index contributed by atoms with van der Waals surface area (Å²) in [5, 5.41) is 12.8. The molecule has 0 spiro atoms. The molecule has 3 nitrogen and oxygen atoms in total. The van der Waals surface area contributed by atoms with Crippen LogP contribution in [-0.4, -0.2) is 16.6 Å². The molecule has 2 rings (SSSR count). The van der Waals surface area contributed by atoms with Crippen molar-refractivity contribution in [2.45, 2.75) is 44.6 Å². The van der Waals surface area contributed by atoms with Gasteiger partial charge in [0.25, 0.3) is 5.91 Å². The van der Waals surface area contributed by atoms with Gasteiger partial charge in [-0.15, -0.1) is 0 Å². The van der Waals surface area contributed by atoms with Gasteiger partial charge < -0.3 is 10.4 Å². The third-order valence-electron chi connectivity index (χ3n) is 3.58. The molecule has 1 amide bonds. The van der Waals surface area contributed by atoms with Crippen LogP contribution in [0.15, 0.2) is 22.7 Å². The lowest BCUT2D eigenvalue weighted by Crippen LogP contribution is -2.47. The van der Waals surface area contributed by atoms with Crippen LogP contribution in [0.25, 0.3) is 0 Å². The van der Waals surface area contributed by atoms with E-state index in [4.69, 9.17) is 0 Å². The standard InChI is InChI=1S/C14H18BrNO2/c1-14(7-3-2-4-8-14)16-13(18)11-6-5-10(15)9-12(11)17/h5-6,9,17H,2-4,7-8H2,1H3,(H,16,18). The summed E-state index contributed by atoms with van der Waals surface area (Å²) < 4.78 is 0.764. The summed E-state index contributed by atoms with van der Waals surface area (Å²) in [6.07, 6.45) is 5.58. The lowest BCUT2D eigenvalue weighted by Gasteiger charge is -2.34. The second-order valence-electron chi connectivity index (χ2n) is 5.24. The van der Waals surface area contributed by atoms with Gasteiger partial charge >= 0.3 is 0 Å². The number of phenolic OH excluding ortho intramolecular Hbond substituents is 1. The molecule has 98 valence electrons. The van der Waals surface area contributed by atoms with E-state index in [1.807, 2.05) is 0 Å². The van der Waals surface area contributed by atoms with Gasteiger partial charge in [0.1, 0.15) is 5.75 Å². The van der Waals surface area contributed by atoms with Gasteiger partial charge in [0.15, 0.2) is 0 Å². The molecule has 1 aliphatic rings. The Balaban J connectivity index is 2.11. The quantitative estimate of drug-likeness (QED) is 0.876. The van der Waals surface area contributed by atoms with Crippen molar-refractivity contribution in [3.8, 4) is 5.75 Å². The van der Waals surface area contributed by atoms with Gasteiger partial charge in [0.05, 0.1) is 5.56 Å². The number of phenols is 1. The van der Waals surface area contributed by atoms with Crippen LogP contribution in [0.1, 0.15) is 49.4 Å². The number of nitrogens with one attached hydrogen (secondary N) is 1. The van der Waals surface area contributed by atoms with E-state index in [2.05, 4.69) is 28.2 Å². The molecule has 0 bridgehead atoms. The molecular weight excluding hydrogens is 294 g/mol. The number of rotatable bonds is 2. The van der Waals surface area contributed by atoms with Crippen LogP contribution in [0.3, 0.4) is 0 Å². The Bertz CT molecular complexity index is 453. The maximum absolute atomic E-state index is 12.2. The highest BCUT2D eigenvalue weighted by Crippen LogP contribution is 2.29. The van der Waals surface area contributed by atoms with Gasteiger partial charge in [0, 0.05) is 10.0 Å². The van der Waals surface area contributed by atoms with Crippen molar-refractivity contribution >= 4 is 21.8 Å². The van der Waals surface area contributed by atoms with Crippen LogP contribution < -0.4 is 5.32 Å². The number of carbonyl (C=O) groups excluding carboxylic acids is 1. The normalized spacial score (nSPS) is 18.3. The van der Waals surface area contributed by atoms with Crippen molar-refractivity contribution in [1.82, 2.24) is 5.32 Å². The van der Waals surface area contributed by atoms with E-state index in [9.17, 15) is 9.90 Å². The SMILES string of the molecule is CC1(NC(=O)c2ccc(Br)cc2O)CCCCC1. The molecule has 18 heavy (non-hydrogen) atoms. The molecule has 0 aromatic heterocycles. The summed E-state index contributed by atoms with van der Waals surface area (Å²) in [6, 6.07) is 4.94. The first-order chi connectivity index (χ1) is 8.50. The van der Waals surface area contributed by atoms with Crippen LogP contribution in [0.2, 0.25) is 0 Å². The first-order valence-electron chi connectivity index (χ1n) is 6.31. The van der Waals surface area contributed by atoms with Crippen molar-refractivity contribution in [2.24, 2.45) is 0 Å². The van der Waals surface area contributed by atoms with Crippen LogP contribution >= 0.6 is 15.9 Å². The average Bonchev–Trinajstić information content (AvgIpc) is 2.28. The minimum Gasteiger partial charge on any atom is -0.507 e. The minimum atomic E-state index is -0.190. The Morgan fingerprint density at radius 2 is 2.00 bits per heavy atom. The lowest BCUT2D eigenvalue weighted by molar-refractivity contribution is 0.0880. The fourth-order valence-electron chi connectivity index (χ4n) is 2.50. The monoisotopic (exact) mass is 311 g/mol. The summed E-state index contributed by atoms with van der Waals surface area (Å²) in [6.45, 7) is 2.08. The Kier molecular flexibility index (Phi) is 3.95. The van der Waals surface area contributed by atoms with Gasteiger partial charge in [-0.3, -0.25) is 4.79 Å². The number of amides is 1. The largest absolute Gasteiger partial charge is 0.507 e. The van der Waals surface area contributed by atoms with Gasteiger partial charge in [-0.25, -0.2) is 0 Å². The fourth-order valence-corrected chi connectivity index (χ4v) is 2.84. The van der Waals surface area contributed by atoms with E-state index in [1.54, 1.807) is 12.1 Å². The van der Waals surface area contributed by atoms with Crippen molar-refractivity contribution in [1.29, 1.82) is 0 Å². The summed E-state index contributed by atoms with van der Waals surface area (Å²) in [4.78, 5) is 12.2. The highest BCUT2D eigenvalue weighted by Gasteiger charge is 2.29. The first kappa shape index (κ1) is 13.4. The molecule has 0 radical (unpaired) electrons. The molecule has 1 fully saturated rings. The number of benzene rings is 1. The topological polar surface area (TPSA) is 49.3 Å². The maximum Gasteiger partial charge on any atom is 0.255 e. The van der Waals surface area contributed by atoms with Gasteiger partial charge in [-0.05, 0) is 38.0 Å². The summed E-state index contributed by atoms with van der Waals surface area (Å²) in [7, 11) is 0. The van der Waals surface area contributed by atoms with E-state index in [0.717, 1.165) is 30.2 Å². The van der Waals surface area contributed by atoms with Crippen LogP contribution in [0.5, 0.6) is 5.75 Å². The molecule has 0 atom stereocenters. The van der Waals surface area contributed by atoms with E-state index in [0.29, 0.717) is 5.56 Å². The van der Waals surface area contributed by atoms with Crippen LogP contribution in [0, 0.1) is 0 Å². The lowest BCUT2D eigenvalue weighted by atomic mass is 9.83. The molecule has 4 heteroatoms. The molecule has 1 saturated carbocycles. The molecule has 0 heterocycles. The molecule has 0 unspecified atom stereocenters. The van der Waals surface area contributed by atoms with E-state index in [1.165, 1.54) is 12.5 Å². The summed E-state index contributed by atoms with van der Waals surface area (Å²) in [5.41, 5.74) is 0.208. The highest BCUT2D eigenvalue weighted by atomic mass is 79.9. The number of aromatic hydroxyl groups is 1. The average molecular weight is 312 g/mol. The molecule has 1 aromatic carbocycles. The number of carbonyl (C=O) groups is 1. The zero-order valence-electron chi connectivity index (χ0n) is 10.5. The van der Waals surface area contributed by atoms with Gasteiger partial charge in [-0.2, -0.15) is 0 Å². The minimum absolute atomic E-state index is 0.0151. The van der Waals surface area contributed by atoms with Crippen molar-refractivity contribution < 1.29 is 9.90 Å². The fraction of sp³-hybridized carbons (Fsp3) is 0.500. The summed E-state index contributed by atoms with van der Waals surface area (Å²) in [5.74, 6) is -0.175.